The molecule has 0 unspecified atom stereocenters. The number of halogens is 1. The lowest BCUT2D eigenvalue weighted by molar-refractivity contribution is 1.03. The summed E-state index contributed by atoms with van der Waals surface area (Å²) in [5.74, 6) is 0. The lowest BCUT2D eigenvalue weighted by Crippen LogP contribution is -1.96. The highest BCUT2D eigenvalue weighted by molar-refractivity contribution is 9.23. The molecule has 98 valence electrons. The molecule has 0 spiro atoms. The standard InChI is InChI=1S/C17H19BrSi/c18-19-12-11-17(13-15-7-3-1-4-8-15)14-16-9-5-2-6-10-16/h1-11H,12-14,19H2. The van der Waals surface area contributed by atoms with E-state index in [1.807, 2.05) is 0 Å². The monoisotopic (exact) mass is 330 g/mol. The van der Waals surface area contributed by atoms with E-state index in [0.717, 1.165) is 12.8 Å². The van der Waals surface area contributed by atoms with Gasteiger partial charge < -0.3 is 0 Å². The van der Waals surface area contributed by atoms with E-state index in [1.54, 1.807) is 0 Å². The van der Waals surface area contributed by atoms with Crippen LogP contribution in [0.15, 0.2) is 72.3 Å². The van der Waals surface area contributed by atoms with Gasteiger partial charge in [-0.15, -0.1) is 15.3 Å². The second-order valence-electron chi connectivity index (χ2n) is 4.66. The van der Waals surface area contributed by atoms with E-state index in [1.165, 1.54) is 22.7 Å². The van der Waals surface area contributed by atoms with Crippen LogP contribution in [0, 0.1) is 0 Å². The van der Waals surface area contributed by atoms with Crippen LogP contribution in [0.5, 0.6) is 0 Å². The smallest absolute Gasteiger partial charge is 0.102 e. The predicted molar refractivity (Wildman–Crippen MR) is 90.7 cm³/mol. The van der Waals surface area contributed by atoms with Gasteiger partial charge in [0, 0.05) is 0 Å². The molecule has 0 N–H and O–H groups in total. The first-order chi connectivity index (χ1) is 9.38. The Labute approximate surface area is 126 Å². The Balaban J connectivity index is 2.08. The molecule has 0 heterocycles. The number of rotatable bonds is 6. The van der Waals surface area contributed by atoms with E-state index in [4.69, 9.17) is 0 Å². The van der Waals surface area contributed by atoms with Gasteiger partial charge in [-0.25, -0.2) is 0 Å². The van der Waals surface area contributed by atoms with Crippen molar-refractivity contribution in [3.05, 3.63) is 83.4 Å². The second-order valence-corrected chi connectivity index (χ2v) is 8.00. The van der Waals surface area contributed by atoms with Gasteiger partial charge in [0.05, 0.1) is 0 Å². The lowest BCUT2D eigenvalue weighted by atomic mass is 9.98. The van der Waals surface area contributed by atoms with Crippen LogP contribution < -0.4 is 0 Å². The zero-order valence-corrected chi connectivity index (χ0v) is 14.1. The van der Waals surface area contributed by atoms with Gasteiger partial charge >= 0.3 is 0 Å². The highest BCUT2D eigenvalue weighted by Crippen LogP contribution is 2.15. The van der Waals surface area contributed by atoms with E-state index < -0.39 is 0 Å². The van der Waals surface area contributed by atoms with E-state index in [2.05, 4.69) is 82.0 Å². The first-order valence-corrected chi connectivity index (χ1v) is 11.6. The van der Waals surface area contributed by atoms with Crippen LogP contribution in [-0.4, -0.2) is 8.14 Å². The lowest BCUT2D eigenvalue weighted by Gasteiger charge is -2.08. The van der Waals surface area contributed by atoms with Crippen LogP contribution in [0.25, 0.3) is 0 Å². The molecule has 0 fully saturated rings. The fourth-order valence-electron chi connectivity index (χ4n) is 2.18. The van der Waals surface area contributed by atoms with Crippen molar-refractivity contribution in [3.63, 3.8) is 0 Å². The van der Waals surface area contributed by atoms with E-state index in [9.17, 15) is 0 Å². The molecule has 2 aromatic carbocycles. The molecular weight excluding hydrogens is 312 g/mol. The highest BCUT2D eigenvalue weighted by Gasteiger charge is 2.01. The molecule has 0 saturated carbocycles. The summed E-state index contributed by atoms with van der Waals surface area (Å²) in [5.41, 5.74) is 4.34. The third-order valence-corrected chi connectivity index (χ3v) is 4.97. The van der Waals surface area contributed by atoms with Gasteiger partial charge in [0.15, 0.2) is 0 Å². The fourth-order valence-corrected chi connectivity index (χ4v) is 3.39. The van der Waals surface area contributed by atoms with Crippen molar-refractivity contribution in [1.82, 2.24) is 0 Å². The summed E-state index contributed by atoms with van der Waals surface area (Å²) < 4.78 is 0. The summed E-state index contributed by atoms with van der Waals surface area (Å²) in [4.78, 5) is 0. The maximum Gasteiger partial charge on any atom is 0.102 e. The van der Waals surface area contributed by atoms with Gasteiger partial charge in [-0.1, -0.05) is 72.3 Å². The summed E-state index contributed by atoms with van der Waals surface area (Å²) in [6.07, 6.45) is 4.56. The summed E-state index contributed by atoms with van der Waals surface area (Å²) in [6, 6.07) is 22.7. The minimum atomic E-state index is -0.0710. The number of hydrogen-bond donors (Lipinski definition) is 0. The third-order valence-electron chi connectivity index (χ3n) is 3.09. The molecule has 2 heteroatoms. The van der Waals surface area contributed by atoms with Gasteiger partial charge in [0.1, 0.15) is 8.14 Å². The average molecular weight is 331 g/mol. The van der Waals surface area contributed by atoms with Gasteiger partial charge in [-0.3, -0.25) is 0 Å². The minimum absolute atomic E-state index is 0.0710. The normalized spacial score (nSPS) is 10.8. The molecule has 19 heavy (non-hydrogen) atoms. The number of benzene rings is 2. The summed E-state index contributed by atoms with van der Waals surface area (Å²) in [5, 5.41) is 0. The summed E-state index contributed by atoms with van der Waals surface area (Å²) in [7, 11) is -0.0710. The van der Waals surface area contributed by atoms with Crippen molar-refractivity contribution in [3.8, 4) is 0 Å². The van der Waals surface area contributed by atoms with E-state index >= 15 is 0 Å². The Morgan fingerprint density at radius 1 is 0.842 bits per heavy atom. The van der Waals surface area contributed by atoms with Crippen molar-refractivity contribution in [2.45, 2.75) is 18.9 Å². The fraction of sp³-hybridized carbons (Fsp3) is 0.176. The zero-order valence-electron chi connectivity index (χ0n) is 11.1. The molecule has 0 radical (unpaired) electrons. The zero-order chi connectivity index (χ0) is 13.3. The predicted octanol–water partition coefficient (Wildman–Crippen LogP) is 4.30. The van der Waals surface area contributed by atoms with Gasteiger partial charge in [0.2, 0.25) is 0 Å². The van der Waals surface area contributed by atoms with Crippen LogP contribution >= 0.6 is 15.3 Å². The second kappa shape index (κ2) is 8.13. The number of hydrogen-bond acceptors (Lipinski definition) is 0. The molecule has 0 atom stereocenters. The Bertz CT molecular complexity index is 462. The average Bonchev–Trinajstić information content (AvgIpc) is 2.47. The van der Waals surface area contributed by atoms with Gasteiger partial charge in [-0.05, 0) is 30.0 Å². The molecule has 0 saturated heterocycles. The Hall–Kier alpha value is -1.12. The van der Waals surface area contributed by atoms with Crippen LogP contribution in [0.4, 0.5) is 0 Å². The summed E-state index contributed by atoms with van der Waals surface area (Å²) >= 11 is 3.64. The molecule has 0 aromatic heterocycles. The molecule has 0 amide bonds. The van der Waals surface area contributed by atoms with E-state index in [0.29, 0.717) is 0 Å². The molecule has 0 aliphatic heterocycles. The van der Waals surface area contributed by atoms with Crippen molar-refractivity contribution < 1.29 is 0 Å². The van der Waals surface area contributed by atoms with Gasteiger partial charge in [0.25, 0.3) is 0 Å². The largest absolute Gasteiger partial charge is 0.135 e. The minimum Gasteiger partial charge on any atom is -0.135 e. The topological polar surface area (TPSA) is 0 Å². The quantitative estimate of drug-likeness (QED) is 0.421. The molecular formula is C17H19BrSi. The highest BCUT2D eigenvalue weighted by atomic mass is 79.9. The molecule has 0 bridgehead atoms. The maximum atomic E-state index is 3.64. The van der Waals surface area contributed by atoms with Crippen LogP contribution in [0.1, 0.15) is 11.1 Å². The van der Waals surface area contributed by atoms with E-state index in [-0.39, 0.29) is 8.14 Å². The molecule has 2 aromatic rings. The summed E-state index contributed by atoms with van der Waals surface area (Å²) in [6.45, 7) is 0. The van der Waals surface area contributed by atoms with Gasteiger partial charge in [-0.2, -0.15) is 0 Å². The third kappa shape index (κ3) is 5.17. The Kier molecular flexibility index (Phi) is 6.11. The van der Waals surface area contributed by atoms with Crippen molar-refractivity contribution >= 4 is 23.4 Å². The van der Waals surface area contributed by atoms with Crippen molar-refractivity contribution in [2.24, 2.45) is 0 Å². The van der Waals surface area contributed by atoms with Crippen LogP contribution in [-0.2, 0) is 12.8 Å². The SMILES string of the molecule is Br[SiH2]CC=C(Cc1ccccc1)Cc1ccccc1. The van der Waals surface area contributed by atoms with Crippen molar-refractivity contribution in [1.29, 1.82) is 0 Å². The first kappa shape index (κ1) is 14.3. The first-order valence-electron chi connectivity index (χ1n) is 6.70. The maximum absolute atomic E-state index is 3.64. The molecule has 0 aliphatic rings. The van der Waals surface area contributed by atoms with Crippen LogP contribution in [0.3, 0.4) is 0 Å². The number of allylic oxidation sites excluding steroid dienone is 2. The van der Waals surface area contributed by atoms with Crippen LogP contribution in [0.2, 0.25) is 6.04 Å². The molecule has 0 aliphatic carbocycles. The van der Waals surface area contributed by atoms with Crippen molar-refractivity contribution in [2.75, 3.05) is 0 Å². The Morgan fingerprint density at radius 3 is 1.74 bits per heavy atom. The Morgan fingerprint density at radius 2 is 1.32 bits per heavy atom. The molecule has 0 nitrogen and oxygen atoms in total. The molecule has 2 rings (SSSR count).